The number of nitrogens with zero attached hydrogens (tertiary/aromatic N) is 4. The summed E-state index contributed by atoms with van der Waals surface area (Å²) >= 11 is 0. The third-order valence-corrected chi connectivity index (χ3v) is 2.30. The van der Waals surface area contributed by atoms with Crippen LogP contribution >= 0.6 is 0 Å². The van der Waals surface area contributed by atoms with Crippen molar-refractivity contribution < 1.29 is 29.1 Å². The maximum absolute atomic E-state index is 7.75. The van der Waals surface area contributed by atoms with Crippen LogP contribution in [0.15, 0.2) is 0 Å². The Hall–Kier alpha value is -0.197. The predicted molar refractivity (Wildman–Crippen MR) is 125 cm³/mol. The van der Waals surface area contributed by atoms with Crippen molar-refractivity contribution in [2.75, 3.05) is 0 Å². The van der Waals surface area contributed by atoms with Crippen LogP contribution in [0, 0.1) is 0 Å². The van der Waals surface area contributed by atoms with Gasteiger partial charge in [0.25, 0.3) is 0 Å². The van der Waals surface area contributed by atoms with Crippen LogP contribution in [-0.2, 0) is 29.1 Å². The Morgan fingerprint density at radius 2 is 0.552 bits per heavy atom. The third-order valence-electron chi connectivity index (χ3n) is 2.30. The summed E-state index contributed by atoms with van der Waals surface area (Å²) in [6.07, 6.45) is 0.204. The summed E-state index contributed by atoms with van der Waals surface area (Å²) in [7, 11) is 0. The van der Waals surface area contributed by atoms with Crippen molar-refractivity contribution in [3.8, 4) is 0 Å². The Morgan fingerprint density at radius 3 is 0.621 bits per heavy atom. The molecule has 0 aromatic carbocycles. The van der Waals surface area contributed by atoms with E-state index in [1.54, 1.807) is 0 Å². The first-order valence-electron chi connectivity index (χ1n) is 9.55. The van der Waals surface area contributed by atoms with E-state index >= 15 is 0 Å². The molecule has 0 spiro atoms. The van der Waals surface area contributed by atoms with Crippen molar-refractivity contribution in [1.29, 1.82) is 0 Å². The first-order valence-corrected chi connectivity index (χ1v) is 9.55. The monoisotopic (exact) mass is 500 g/mol. The first kappa shape index (κ1) is 39.3. The van der Waals surface area contributed by atoms with Gasteiger partial charge in [0, 0.05) is 0 Å². The van der Waals surface area contributed by atoms with E-state index < -0.39 is 0 Å². The van der Waals surface area contributed by atoms with Gasteiger partial charge in [0.15, 0.2) is 0 Å². The summed E-state index contributed by atoms with van der Waals surface area (Å²) in [6, 6.07) is 0. The fourth-order valence-corrected chi connectivity index (χ4v) is 2.30. The quantitative estimate of drug-likeness (QED) is 0.242. The zero-order valence-electron chi connectivity index (χ0n) is 21.3. The Kier molecular flexibility index (Phi) is 23.7. The second-order valence-electron chi connectivity index (χ2n) is 10.5. The van der Waals surface area contributed by atoms with E-state index in [9.17, 15) is 0 Å². The maximum Gasteiger partial charge on any atom is 6.00 e. The minimum absolute atomic E-state index is 0. The smallest absolute Gasteiger partial charge is 0.673 e. The molecular weight excluding hydrogens is 453 g/mol. The van der Waals surface area contributed by atoms with Crippen molar-refractivity contribution in [3.05, 3.63) is 21.3 Å². The summed E-state index contributed by atoms with van der Waals surface area (Å²) in [5, 5.41) is 18.1. The molecule has 29 heavy (non-hydrogen) atoms. The van der Waals surface area contributed by atoms with E-state index in [0.717, 1.165) is 0 Å². The average molecular weight is 500 g/mol. The van der Waals surface area contributed by atoms with Crippen LogP contribution in [0.3, 0.4) is 0 Å². The molecule has 0 aromatic rings. The zero-order valence-corrected chi connectivity index (χ0v) is 23.0. The Bertz CT molecular complexity index is 299. The molecule has 0 aliphatic rings. The largest absolute Gasteiger partial charge is 6.00 e. The van der Waals surface area contributed by atoms with Crippen molar-refractivity contribution in [1.82, 2.24) is 0 Å². The fraction of sp³-hybridized carbons (Fsp3) is 0.909. The molecule has 0 fully saturated rings. The van der Waals surface area contributed by atoms with Crippen LogP contribution < -0.4 is 0 Å². The van der Waals surface area contributed by atoms with Gasteiger partial charge in [-0.05, 0) is 0 Å². The van der Waals surface area contributed by atoms with Crippen molar-refractivity contribution in [2.45, 2.75) is 131 Å². The molecule has 0 radical (unpaired) electrons. The Morgan fingerprint density at radius 1 is 0.448 bits per heavy atom. The molecule has 7 heteroatoms. The van der Waals surface area contributed by atoms with Crippen molar-refractivity contribution in [3.63, 3.8) is 0 Å². The number of hydrogen-bond acceptors (Lipinski definition) is 2. The molecule has 0 saturated heterocycles. The molecule has 0 aliphatic carbocycles. The van der Waals surface area contributed by atoms with E-state index in [1.165, 1.54) is 0 Å². The second-order valence-corrected chi connectivity index (χ2v) is 10.5. The minimum Gasteiger partial charge on any atom is -0.673 e. The van der Waals surface area contributed by atoms with Gasteiger partial charge in [-0.15, -0.1) is 36.0 Å². The molecular formula is C22H46N4O2Ru. The minimum atomic E-state index is 0. The first-order chi connectivity index (χ1) is 12.2. The van der Waals surface area contributed by atoms with Gasteiger partial charge in [0.05, 0.1) is 0 Å². The molecule has 0 saturated carbocycles. The van der Waals surface area contributed by atoms with Gasteiger partial charge in [-0.2, -0.15) is 0 Å². The molecule has 0 amide bonds. The molecule has 0 heterocycles. The maximum atomic E-state index is 7.75. The number of carbonyl (C=O) groups excluding carboxylic acids is 2. The van der Waals surface area contributed by atoms with Crippen LogP contribution in [0.5, 0.6) is 0 Å². The average Bonchev–Trinajstić information content (AvgIpc) is 2.34. The molecule has 0 bridgehead atoms. The topological polar surface area (TPSA) is 90.5 Å². The van der Waals surface area contributed by atoms with Gasteiger partial charge >= 0.3 is 19.5 Å². The Balaban J connectivity index is -0.000000109. The van der Waals surface area contributed by atoms with E-state index in [1.807, 2.05) is 13.8 Å². The van der Waals surface area contributed by atoms with Crippen LogP contribution in [0.2, 0.25) is 0 Å². The van der Waals surface area contributed by atoms with E-state index in [2.05, 4.69) is 118 Å². The molecule has 174 valence electrons. The molecule has 0 aliphatic heterocycles. The summed E-state index contributed by atoms with van der Waals surface area (Å²) in [6.45, 7) is 35.8. The van der Waals surface area contributed by atoms with Crippen LogP contribution in [-0.4, -0.2) is 48.1 Å². The van der Waals surface area contributed by atoms with E-state index in [-0.39, 0.29) is 54.0 Å². The molecule has 6 nitrogen and oxygen atoms in total. The van der Waals surface area contributed by atoms with Crippen LogP contribution in [0.1, 0.15) is 96.9 Å². The normalized spacial score (nSPS) is 11.9. The molecule has 0 N–H and O–H groups in total. The van der Waals surface area contributed by atoms with Crippen molar-refractivity contribution in [2.24, 2.45) is 0 Å². The van der Waals surface area contributed by atoms with Gasteiger partial charge in [0.2, 0.25) is 0 Å². The van der Waals surface area contributed by atoms with Gasteiger partial charge < -0.3 is 30.9 Å². The van der Waals surface area contributed by atoms with Gasteiger partial charge in [0.1, 0.15) is 0 Å². The summed E-state index contributed by atoms with van der Waals surface area (Å²) in [5.41, 5.74) is 0.0880. The van der Waals surface area contributed by atoms with E-state index in [0.29, 0.717) is 0 Å². The molecule has 0 rings (SSSR count). The van der Waals surface area contributed by atoms with Crippen LogP contribution in [0.4, 0.5) is 0 Å². The van der Waals surface area contributed by atoms with Crippen LogP contribution in [0.25, 0.3) is 21.3 Å². The molecule has 0 unspecified atom stereocenters. The zero-order chi connectivity index (χ0) is 24.0. The predicted octanol–water partition coefficient (Wildman–Crippen LogP) is 6.80. The number of rotatable bonds is 4. The number of hydrogen-bond donors (Lipinski definition) is 0. The fourth-order valence-electron chi connectivity index (χ4n) is 2.30. The van der Waals surface area contributed by atoms with Gasteiger partial charge in [-0.25, -0.2) is 12.3 Å². The molecule has 0 atom stereocenters. The second kappa shape index (κ2) is 17.5. The third kappa shape index (κ3) is 47.2. The summed E-state index contributed by atoms with van der Waals surface area (Å²) in [4.78, 5) is 15.5. The van der Waals surface area contributed by atoms with Gasteiger partial charge in [-0.1, -0.05) is 83.1 Å². The summed E-state index contributed by atoms with van der Waals surface area (Å²) in [5.74, 6) is 0. The SMILES string of the molecule is CC([N-]C(C)(C)C)[N-]C(C)(C)C.CC([N-]C(C)(C)C)[N-]C(C)(C)C.[CH-]=O.[CH-]=O.[Ru+6]. The standard InChI is InChI=1S/2C10H22N2.2CHO.Ru/c2*1-8(11-9(2,3)4)12-10(5,6)7;2*1-2;/h2*8H,1-7H3;2*1H;/q2*-2;2*-1;+6. The summed E-state index contributed by atoms with van der Waals surface area (Å²) < 4.78 is 0. The Labute approximate surface area is 195 Å². The molecule has 0 aromatic heterocycles. The van der Waals surface area contributed by atoms with E-state index in [4.69, 9.17) is 9.59 Å². The van der Waals surface area contributed by atoms with Crippen molar-refractivity contribution >= 4 is 13.6 Å². The van der Waals surface area contributed by atoms with Gasteiger partial charge in [-0.3, -0.25) is 13.6 Å².